The standard InChI is InChI=1S/C10H15N5O4/c11-10-13-8(7(15-19)9(18)14-10)12-5-3-1-2-4-6(16)17/h1-5H2,(H,16,17)(H4,11,12,13,14,18). The Morgan fingerprint density at radius 1 is 1.42 bits per heavy atom. The van der Waals surface area contributed by atoms with E-state index >= 15 is 0 Å². The third-order valence-electron chi connectivity index (χ3n) is 2.36. The van der Waals surface area contributed by atoms with Crippen LogP contribution in [0, 0.1) is 4.91 Å². The Hall–Kier alpha value is -2.45. The largest absolute Gasteiger partial charge is 0.481 e. The molecule has 0 aromatic carbocycles. The maximum Gasteiger partial charge on any atom is 0.303 e. The summed E-state index contributed by atoms with van der Waals surface area (Å²) in [6, 6.07) is 0. The maximum absolute atomic E-state index is 11.3. The van der Waals surface area contributed by atoms with Crippen molar-refractivity contribution in [3.05, 3.63) is 15.3 Å². The summed E-state index contributed by atoms with van der Waals surface area (Å²) in [5.74, 6) is -0.898. The van der Waals surface area contributed by atoms with Gasteiger partial charge < -0.3 is 16.2 Å². The highest BCUT2D eigenvalue weighted by Gasteiger charge is 2.10. The number of aliphatic carboxylic acids is 1. The van der Waals surface area contributed by atoms with Gasteiger partial charge in [-0.25, -0.2) is 0 Å². The van der Waals surface area contributed by atoms with Crippen LogP contribution in [0.4, 0.5) is 17.5 Å². The van der Waals surface area contributed by atoms with Crippen molar-refractivity contribution in [2.75, 3.05) is 17.6 Å². The SMILES string of the molecule is Nc1nc(NCCCCCC(=O)O)c(N=O)c(=O)[nH]1. The zero-order valence-electron chi connectivity index (χ0n) is 10.2. The molecule has 1 rings (SSSR count). The van der Waals surface area contributed by atoms with Crippen LogP contribution in [0.15, 0.2) is 9.97 Å². The number of aromatic nitrogens is 2. The number of carboxylic acid groups (broad SMARTS) is 1. The summed E-state index contributed by atoms with van der Waals surface area (Å²) in [6.45, 7) is 0.442. The number of rotatable bonds is 8. The van der Waals surface area contributed by atoms with E-state index in [0.29, 0.717) is 25.8 Å². The van der Waals surface area contributed by atoms with Crippen LogP contribution < -0.4 is 16.6 Å². The molecule has 104 valence electrons. The molecule has 0 aliphatic carbocycles. The van der Waals surface area contributed by atoms with Crippen LogP contribution in [0.5, 0.6) is 0 Å². The molecule has 1 aromatic rings. The first-order chi connectivity index (χ1) is 9.04. The van der Waals surface area contributed by atoms with Crippen molar-refractivity contribution in [3.63, 3.8) is 0 Å². The van der Waals surface area contributed by atoms with E-state index in [1.807, 2.05) is 0 Å². The number of H-pyrrole nitrogens is 1. The van der Waals surface area contributed by atoms with Gasteiger partial charge in [-0.15, -0.1) is 4.91 Å². The minimum Gasteiger partial charge on any atom is -0.481 e. The molecule has 0 amide bonds. The van der Waals surface area contributed by atoms with E-state index < -0.39 is 11.5 Å². The molecule has 9 nitrogen and oxygen atoms in total. The number of nitrogens with two attached hydrogens (primary N) is 1. The van der Waals surface area contributed by atoms with Gasteiger partial charge in [0.2, 0.25) is 11.6 Å². The monoisotopic (exact) mass is 269 g/mol. The van der Waals surface area contributed by atoms with Crippen LogP contribution >= 0.6 is 0 Å². The molecule has 0 unspecified atom stereocenters. The number of nitroso groups, excluding NO2 is 1. The smallest absolute Gasteiger partial charge is 0.303 e. The van der Waals surface area contributed by atoms with E-state index in [0.717, 1.165) is 0 Å². The second kappa shape index (κ2) is 7.09. The Bertz CT molecular complexity index is 513. The van der Waals surface area contributed by atoms with Crippen molar-refractivity contribution >= 4 is 23.4 Å². The number of aromatic amines is 1. The number of carboxylic acids is 1. The first-order valence-electron chi connectivity index (χ1n) is 5.73. The van der Waals surface area contributed by atoms with Crippen molar-refractivity contribution in [1.82, 2.24) is 9.97 Å². The molecular weight excluding hydrogens is 254 g/mol. The molecule has 19 heavy (non-hydrogen) atoms. The molecule has 0 saturated heterocycles. The van der Waals surface area contributed by atoms with Gasteiger partial charge in [-0.3, -0.25) is 14.6 Å². The van der Waals surface area contributed by atoms with Gasteiger partial charge in [0.1, 0.15) is 0 Å². The molecule has 0 aliphatic rings. The normalized spacial score (nSPS) is 10.1. The van der Waals surface area contributed by atoms with Crippen LogP contribution in [0.2, 0.25) is 0 Å². The van der Waals surface area contributed by atoms with Gasteiger partial charge in [0.05, 0.1) is 0 Å². The predicted molar refractivity (Wildman–Crippen MR) is 69.3 cm³/mol. The minimum atomic E-state index is -0.829. The van der Waals surface area contributed by atoms with E-state index in [-0.39, 0.29) is 23.9 Å². The lowest BCUT2D eigenvalue weighted by atomic mass is 10.2. The lowest BCUT2D eigenvalue weighted by Gasteiger charge is -2.06. The van der Waals surface area contributed by atoms with Crippen LogP contribution in [0.25, 0.3) is 0 Å². The van der Waals surface area contributed by atoms with Crippen LogP contribution in [-0.4, -0.2) is 27.6 Å². The van der Waals surface area contributed by atoms with Gasteiger partial charge in [-0.05, 0) is 18.0 Å². The average molecular weight is 269 g/mol. The van der Waals surface area contributed by atoms with Crippen molar-refractivity contribution < 1.29 is 9.90 Å². The molecule has 0 saturated carbocycles. The van der Waals surface area contributed by atoms with Crippen LogP contribution in [0.1, 0.15) is 25.7 Å². The number of nitrogens with zero attached hydrogens (tertiary/aromatic N) is 2. The topological polar surface area (TPSA) is 151 Å². The molecule has 0 fully saturated rings. The molecule has 0 atom stereocenters. The summed E-state index contributed by atoms with van der Waals surface area (Å²) in [7, 11) is 0. The number of hydrogen-bond acceptors (Lipinski definition) is 7. The molecule has 1 heterocycles. The quantitative estimate of drug-likeness (QED) is 0.402. The molecule has 5 N–H and O–H groups in total. The zero-order chi connectivity index (χ0) is 14.3. The van der Waals surface area contributed by atoms with Gasteiger partial charge in [0.15, 0.2) is 5.82 Å². The summed E-state index contributed by atoms with van der Waals surface area (Å²) < 4.78 is 0. The van der Waals surface area contributed by atoms with Crippen molar-refractivity contribution in [1.29, 1.82) is 0 Å². The van der Waals surface area contributed by atoms with E-state index in [9.17, 15) is 14.5 Å². The highest BCUT2D eigenvalue weighted by molar-refractivity contribution is 5.66. The number of unbranched alkanes of at least 4 members (excludes halogenated alkanes) is 2. The second-order valence-corrected chi connectivity index (χ2v) is 3.87. The maximum atomic E-state index is 11.3. The number of nitrogen functional groups attached to an aromatic ring is 1. The van der Waals surface area contributed by atoms with Crippen molar-refractivity contribution in [3.8, 4) is 0 Å². The first-order valence-corrected chi connectivity index (χ1v) is 5.73. The van der Waals surface area contributed by atoms with Gasteiger partial charge in [-0.1, -0.05) is 6.42 Å². The highest BCUT2D eigenvalue weighted by atomic mass is 16.4. The predicted octanol–water partition coefficient (Wildman–Crippen LogP) is 0.807. The lowest BCUT2D eigenvalue weighted by molar-refractivity contribution is -0.137. The van der Waals surface area contributed by atoms with Gasteiger partial charge in [0.25, 0.3) is 5.56 Å². The van der Waals surface area contributed by atoms with E-state index in [1.54, 1.807) is 0 Å². The molecule has 0 radical (unpaired) electrons. The highest BCUT2D eigenvalue weighted by Crippen LogP contribution is 2.17. The van der Waals surface area contributed by atoms with Gasteiger partial charge >= 0.3 is 5.97 Å². The van der Waals surface area contributed by atoms with Crippen molar-refractivity contribution in [2.24, 2.45) is 5.18 Å². The van der Waals surface area contributed by atoms with Gasteiger partial charge in [0, 0.05) is 13.0 Å². The third kappa shape index (κ3) is 4.74. The Labute approximate surface area is 108 Å². The number of nitrogens with one attached hydrogen (secondary N) is 2. The minimum absolute atomic E-state index is 0.0366. The zero-order valence-corrected chi connectivity index (χ0v) is 10.2. The first kappa shape index (κ1) is 14.6. The molecule has 9 heteroatoms. The van der Waals surface area contributed by atoms with E-state index in [4.69, 9.17) is 10.8 Å². The average Bonchev–Trinajstić information content (AvgIpc) is 2.32. The molecule has 0 aliphatic heterocycles. The second-order valence-electron chi connectivity index (χ2n) is 3.87. The molecular formula is C10H15N5O4. The molecule has 0 spiro atoms. The summed E-state index contributed by atoms with van der Waals surface area (Å²) in [6.07, 6.45) is 2.08. The number of hydrogen-bond donors (Lipinski definition) is 4. The Balaban J connectivity index is 2.47. The summed E-state index contributed by atoms with van der Waals surface area (Å²) in [4.78, 5) is 38.1. The lowest BCUT2D eigenvalue weighted by Crippen LogP contribution is -2.15. The van der Waals surface area contributed by atoms with E-state index in [2.05, 4.69) is 20.5 Å². The van der Waals surface area contributed by atoms with Crippen LogP contribution in [0.3, 0.4) is 0 Å². The summed E-state index contributed by atoms with van der Waals surface area (Å²) >= 11 is 0. The number of anilines is 2. The van der Waals surface area contributed by atoms with Crippen molar-refractivity contribution in [2.45, 2.75) is 25.7 Å². The van der Waals surface area contributed by atoms with Gasteiger partial charge in [-0.2, -0.15) is 4.98 Å². The fourth-order valence-electron chi connectivity index (χ4n) is 1.48. The third-order valence-corrected chi connectivity index (χ3v) is 2.36. The Morgan fingerprint density at radius 2 is 2.16 bits per heavy atom. The summed E-state index contributed by atoms with van der Waals surface area (Å²) in [5.41, 5.74) is 4.31. The summed E-state index contributed by atoms with van der Waals surface area (Å²) in [5, 5.41) is 13.8. The Kier molecular flexibility index (Phi) is 5.45. The number of carbonyl (C=O) groups is 1. The fourth-order valence-corrected chi connectivity index (χ4v) is 1.48. The van der Waals surface area contributed by atoms with E-state index in [1.165, 1.54) is 0 Å². The molecule has 1 aromatic heterocycles. The molecule has 0 bridgehead atoms. The fraction of sp³-hybridized carbons (Fsp3) is 0.500. The van der Waals surface area contributed by atoms with Crippen LogP contribution in [-0.2, 0) is 4.79 Å². The Morgan fingerprint density at radius 3 is 2.79 bits per heavy atom.